The van der Waals surface area contributed by atoms with Crippen LogP contribution in [0.25, 0.3) is 10.9 Å². The van der Waals surface area contributed by atoms with Gasteiger partial charge in [0, 0.05) is 29.6 Å². The number of nitrogens with one attached hydrogen (secondary N) is 2. The molecule has 0 bridgehead atoms. The van der Waals surface area contributed by atoms with Gasteiger partial charge in [0.1, 0.15) is 0 Å². The van der Waals surface area contributed by atoms with Crippen molar-refractivity contribution in [2.24, 2.45) is 0 Å². The number of aromatic nitrogens is 6. The van der Waals surface area contributed by atoms with Gasteiger partial charge < -0.3 is 0 Å². The molecule has 0 aliphatic rings. The minimum Gasteiger partial charge on any atom is -0.294 e. The van der Waals surface area contributed by atoms with Gasteiger partial charge in [0.15, 0.2) is 5.16 Å². The van der Waals surface area contributed by atoms with Crippen molar-refractivity contribution in [2.45, 2.75) is 17.8 Å². The van der Waals surface area contributed by atoms with Crippen molar-refractivity contribution in [1.29, 1.82) is 0 Å². The van der Waals surface area contributed by atoms with Gasteiger partial charge in [-0.15, -0.1) is 0 Å². The monoisotopic (exact) mass is 377 g/mol. The molecule has 0 spiro atoms. The highest BCUT2D eigenvalue weighted by Gasteiger charge is 2.08. The number of fused-ring (bicyclic) bond motifs is 1. The molecule has 0 aliphatic carbocycles. The molecule has 4 aromatic rings. The summed E-state index contributed by atoms with van der Waals surface area (Å²) in [5.74, 6) is 1.15. The first-order valence-corrected chi connectivity index (χ1v) is 9.16. The van der Waals surface area contributed by atoms with E-state index in [1.165, 1.54) is 17.8 Å². The molecule has 8 nitrogen and oxygen atoms in total. The molecule has 3 aromatic heterocycles. The summed E-state index contributed by atoms with van der Waals surface area (Å²) in [5, 5.41) is 4.60. The molecule has 0 atom stereocenters. The zero-order valence-electron chi connectivity index (χ0n) is 14.4. The number of aryl methyl sites for hydroxylation is 1. The number of aromatic amines is 1. The SMILES string of the molecule is Cc1nc(Nc2nc(CSc3ncccn3)cc(=O)[nH]2)nc2ccccc12. The predicted molar refractivity (Wildman–Crippen MR) is 104 cm³/mol. The Morgan fingerprint density at radius 2 is 1.89 bits per heavy atom. The minimum atomic E-state index is -0.255. The average Bonchev–Trinajstić information content (AvgIpc) is 2.67. The molecular weight excluding hydrogens is 362 g/mol. The van der Waals surface area contributed by atoms with E-state index < -0.39 is 0 Å². The number of para-hydroxylation sites is 1. The van der Waals surface area contributed by atoms with E-state index in [1.54, 1.807) is 18.5 Å². The summed E-state index contributed by atoms with van der Waals surface area (Å²) in [5.41, 5.74) is 2.02. The fourth-order valence-electron chi connectivity index (χ4n) is 2.54. The van der Waals surface area contributed by atoms with E-state index in [-0.39, 0.29) is 5.56 Å². The van der Waals surface area contributed by atoms with E-state index >= 15 is 0 Å². The maximum absolute atomic E-state index is 12.0. The molecule has 1 aromatic carbocycles. The molecule has 0 aliphatic heterocycles. The van der Waals surface area contributed by atoms with Crippen LogP contribution in [0.3, 0.4) is 0 Å². The quantitative estimate of drug-likeness (QED) is 0.404. The normalized spacial score (nSPS) is 10.9. The van der Waals surface area contributed by atoms with Crippen LogP contribution in [0.15, 0.2) is 58.7 Å². The highest BCUT2D eigenvalue weighted by atomic mass is 32.2. The van der Waals surface area contributed by atoms with Crippen LogP contribution in [0.1, 0.15) is 11.4 Å². The zero-order chi connectivity index (χ0) is 18.6. The van der Waals surface area contributed by atoms with Gasteiger partial charge in [0.25, 0.3) is 5.56 Å². The van der Waals surface area contributed by atoms with Gasteiger partial charge >= 0.3 is 0 Å². The number of hydrogen-bond acceptors (Lipinski definition) is 8. The lowest BCUT2D eigenvalue weighted by molar-refractivity contribution is 0.962. The van der Waals surface area contributed by atoms with Gasteiger partial charge in [-0.1, -0.05) is 30.0 Å². The molecule has 0 radical (unpaired) electrons. The Labute approximate surface area is 158 Å². The van der Waals surface area contributed by atoms with Crippen molar-refractivity contribution in [3.8, 4) is 0 Å². The molecule has 3 heterocycles. The van der Waals surface area contributed by atoms with Gasteiger partial charge in [-0.25, -0.2) is 24.9 Å². The van der Waals surface area contributed by atoms with E-state index in [2.05, 4.69) is 35.2 Å². The van der Waals surface area contributed by atoms with Crippen LogP contribution in [0.5, 0.6) is 0 Å². The van der Waals surface area contributed by atoms with Crippen LogP contribution in [0, 0.1) is 6.92 Å². The van der Waals surface area contributed by atoms with E-state index in [4.69, 9.17) is 0 Å². The lowest BCUT2D eigenvalue weighted by Crippen LogP contribution is -2.13. The molecule has 0 fully saturated rings. The Hall–Kier alpha value is -3.33. The topological polar surface area (TPSA) is 109 Å². The number of anilines is 2. The van der Waals surface area contributed by atoms with Crippen LogP contribution in [0.4, 0.5) is 11.9 Å². The maximum atomic E-state index is 12.0. The van der Waals surface area contributed by atoms with Crippen LogP contribution < -0.4 is 10.9 Å². The Morgan fingerprint density at radius 3 is 2.74 bits per heavy atom. The molecule has 0 unspecified atom stereocenters. The highest BCUT2D eigenvalue weighted by molar-refractivity contribution is 7.98. The third-order valence-corrected chi connectivity index (χ3v) is 4.62. The van der Waals surface area contributed by atoms with Gasteiger partial charge in [-0.05, 0) is 19.1 Å². The summed E-state index contributed by atoms with van der Waals surface area (Å²) >= 11 is 1.41. The summed E-state index contributed by atoms with van der Waals surface area (Å²) in [6.07, 6.45) is 3.35. The van der Waals surface area contributed by atoms with E-state index in [0.29, 0.717) is 28.5 Å². The Balaban J connectivity index is 1.57. The summed E-state index contributed by atoms with van der Waals surface area (Å²) in [6, 6.07) is 11.0. The average molecular weight is 377 g/mol. The van der Waals surface area contributed by atoms with Crippen molar-refractivity contribution < 1.29 is 0 Å². The van der Waals surface area contributed by atoms with Gasteiger partial charge in [-0.2, -0.15) is 0 Å². The van der Waals surface area contributed by atoms with Crippen LogP contribution in [0.2, 0.25) is 0 Å². The highest BCUT2D eigenvalue weighted by Crippen LogP contribution is 2.19. The lowest BCUT2D eigenvalue weighted by atomic mass is 10.2. The van der Waals surface area contributed by atoms with Crippen molar-refractivity contribution in [3.05, 3.63) is 70.5 Å². The maximum Gasteiger partial charge on any atom is 0.252 e. The molecule has 0 amide bonds. The Morgan fingerprint density at radius 1 is 1.07 bits per heavy atom. The van der Waals surface area contributed by atoms with Crippen LogP contribution >= 0.6 is 11.8 Å². The molecule has 4 rings (SSSR count). The molecule has 134 valence electrons. The van der Waals surface area contributed by atoms with Crippen LogP contribution in [-0.2, 0) is 5.75 Å². The predicted octanol–water partition coefficient (Wildman–Crippen LogP) is 2.85. The summed E-state index contributed by atoms with van der Waals surface area (Å²) < 4.78 is 0. The number of hydrogen-bond donors (Lipinski definition) is 2. The van der Waals surface area contributed by atoms with Crippen LogP contribution in [-0.4, -0.2) is 29.9 Å². The van der Waals surface area contributed by atoms with Crippen molar-refractivity contribution in [1.82, 2.24) is 29.9 Å². The third-order valence-electron chi connectivity index (χ3n) is 3.71. The molecule has 27 heavy (non-hydrogen) atoms. The van der Waals surface area contributed by atoms with Crippen molar-refractivity contribution in [3.63, 3.8) is 0 Å². The molecule has 2 N–H and O–H groups in total. The van der Waals surface area contributed by atoms with Gasteiger partial charge in [0.05, 0.1) is 16.9 Å². The second kappa shape index (κ2) is 7.50. The lowest BCUT2D eigenvalue weighted by Gasteiger charge is -2.08. The number of rotatable bonds is 5. The minimum absolute atomic E-state index is 0.255. The first-order valence-electron chi connectivity index (χ1n) is 8.18. The van der Waals surface area contributed by atoms with Gasteiger partial charge in [0.2, 0.25) is 11.9 Å². The second-order valence-electron chi connectivity index (χ2n) is 5.68. The Kier molecular flexibility index (Phi) is 4.75. The molecule has 9 heteroatoms. The number of nitrogens with zero attached hydrogens (tertiary/aromatic N) is 5. The number of H-pyrrole nitrogens is 1. The standard InChI is InChI=1S/C18H15N7OS/c1-11-13-5-2-3-6-14(13)23-16(21-11)25-17-22-12(9-15(26)24-17)10-27-18-19-7-4-8-20-18/h2-9H,10H2,1H3,(H2,21,22,23,24,25,26). The zero-order valence-corrected chi connectivity index (χ0v) is 15.2. The fourth-order valence-corrected chi connectivity index (χ4v) is 3.23. The van der Waals surface area contributed by atoms with Crippen molar-refractivity contribution in [2.75, 3.05) is 5.32 Å². The smallest absolute Gasteiger partial charge is 0.252 e. The molecular formula is C18H15N7OS. The number of benzene rings is 1. The second-order valence-corrected chi connectivity index (χ2v) is 6.62. The third kappa shape index (κ3) is 4.09. The molecule has 0 saturated carbocycles. The van der Waals surface area contributed by atoms with Gasteiger partial charge in [-0.3, -0.25) is 15.1 Å². The van der Waals surface area contributed by atoms with Crippen molar-refractivity contribution >= 4 is 34.6 Å². The summed E-state index contributed by atoms with van der Waals surface area (Å²) in [6.45, 7) is 1.91. The Bertz CT molecular complexity index is 1150. The summed E-state index contributed by atoms with van der Waals surface area (Å²) in [7, 11) is 0. The number of thioether (sulfide) groups is 1. The largest absolute Gasteiger partial charge is 0.294 e. The molecule has 0 saturated heterocycles. The first-order chi connectivity index (χ1) is 13.2. The van der Waals surface area contributed by atoms with E-state index in [1.807, 2.05) is 31.2 Å². The first kappa shape index (κ1) is 17.1. The van der Waals surface area contributed by atoms with E-state index in [9.17, 15) is 4.79 Å². The van der Waals surface area contributed by atoms with E-state index in [0.717, 1.165) is 16.6 Å². The summed E-state index contributed by atoms with van der Waals surface area (Å²) in [4.78, 5) is 36.3. The fraction of sp³-hybridized carbons (Fsp3) is 0.111.